The minimum Gasteiger partial charge on any atom is -0.384 e. The highest BCUT2D eigenvalue weighted by molar-refractivity contribution is 5.79. The third kappa shape index (κ3) is 2.08. The van der Waals surface area contributed by atoms with Crippen LogP contribution in [0.4, 0.5) is 0 Å². The van der Waals surface area contributed by atoms with E-state index >= 15 is 0 Å². The van der Waals surface area contributed by atoms with Crippen molar-refractivity contribution in [2.45, 2.75) is 32.1 Å². The van der Waals surface area contributed by atoms with Crippen LogP contribution in [-0.2, 0) is 9.53 Å². The van der Waals surface area contributed by atoms with Crippen LogP contribution in [-0.4, -0.2) is 26.2 Å². The van der Waals surface area contributed by atoms with Crippen LogP contribution in [0.3, 0.4) is 0 Å². The lowest BCUT2D eigenvalue weighted by atomic mass is 9.85. The first-order chi connectivity index (χ1) is 6.76. The van der Waals surface area contributed by atoms with E-state index in [1.165, 1.54) is 19.3 Å². The van der Waals surface area contributed by atoms with Crippen molar-refractivity contribution in [3.8, 4) is 0 Å². The zero-order chi connectivity index (χ0) is 10.0. The van der Waals surface area contributed by atoms with Gasteiger partial charge >= 0.3 is 0 Å². The molecule has 0 aromatic carbocycles. The molecule has 0 aromatic heterocycles. The Hall–Kier alpha value is -0.570. The summed E-state index contributed by atoms with van der Waals surface area (Å²) in [6.07, 6.45) is 5.80. The van der Waals surface area contributed by atoms with E-state index in [0.29, 0.717) is 5.92 Å². The van der Waals surface area contributed by atoms with Gasteiger partial charge in [-0.05, 0) is 25.7 Å². The Kier molecular flexibility index (Phi) is 2.77. The molecule has 0 bridgehead atoms. The van der Waals surface area contributed by atoms with E-state index < -0.39 is 0 Å². The summed E-state index contributed by atoms with van der Waals surface area (Å²) >= 11 is 0. The van der Waals surface area contributed by atoms with Crippen molar-refractivity contribution in [3.05, 3.63) is 0 Å². The van der Waals surface area contributed by atoms with Crippen molar-refractivity contribution in [3.63, 3.8) is 0 Å². The van der Waals surface area contributed by atoms with Crippen LogP contribution >= 0.6 is 0 Å². The largest absolute Gasteiger partial charge is 0.384 e. The van der Waals surface area contributed by atoms with Gasteiger partial charge in [0.1, 0.15) is 0 Å². The maximum atomic E-state index is 11.6. The molecule has 1 amide bonds. The topological polar surface area (TPSA) is 38.3 Å². The maximum absolute atomic E-state index is 11.6. The van der Waals surface area contributed by atoms with E-state index in [2.05, 4.69) is 5.32 Å². The fourth-order valence-electron chi connectivity index (χ4n) is 1.94. The molecule has 0 radical (unpaired) electrons. The van der Waals surface area contributed by atoms with Crippen LogP contribution < -0.4 is 5.32 Å². The number of methoxy groups -OCH3 is 1. The second-order valence-electron chi connectivity index (χ2n) is 4.78. The van der Waals surface area contributed by atoms with Crippen molar-refractivity contribution in [2.24, 2.45) is 11.3 Å². The van der Waals surface area contributed by atoms with Gasteiger partial charge in [0.2, 0.25) is 5.91 Å². The molecule has 2 fully saturated rings. The van der Waals surface area contributed by atoms with Crippen LogP contribution in [0.2, 0.25) is 0 Å². The molecule has 14 heavy (non-hydrogen) atoms. The first-order valence-corrected chi connectivity index (χ1v) is 5.52. The molecule has 80 valence electrons. The van der Waals surface area contributed by atoms with E-state index in [1.807, 2.05) is 0 Å². The van der Waals surface area contributed by atoms with Gasteiger partial charge in [-0.15, -0.1) is 0 Å². The van der Waals surface area contributed by atoms with Crippen LogP contribution in [0.1, 0.15) is 32.1 Å². The molecule has 0 heterocycles. The summed E-state index contributed by atoms with van der Waals surface area (Å²) in [7, 11) is 1.73. The molecule has 2 aliphatic rings. The molecule has 0 saturated heterocycles. The summed E-state index contributed by atoms with van der Waals surface area (Å²) in [5, 5.41) is 3.05. The van der Waals surface area contributed by atoms with E-state index in [1.54, 1.807) is 7.11 Å². The van der Waals surface area contributed by atoms with Crippen molar-refractivity contribution >= 4 is 5.91 Å². The molecule has 0 atom stereocenters. The highest BCUT2D eigenvalue weighted by atomic mass is 16.5. The zero-order valence-electron chi connectivity index (χ0n) is 8.84. The van der Waals surface area contributed by atoms with Gasteiger partial charge in [-0.1, -0.05) is 6.42 Å². The third-order valence-electron chi connectivity index (χ3n) is 3.52. The van der Waals surface area contributed by atoms with Gasteiger partial charge in [0.15, 0.2) is 0 Å². The molecule has 0 aliphatic heterocycles. The summed E-state index contributed by atoms with van der Waals surface area (Å²) in [6.45, 7) is 1.61. The molecule has 2 rings (SSSR count). The lowest BCUT2D eigenvalue weighted by molar-refractivity contribution is -0.127. The predicted octanol–water partition coefficient (Wildman–Crippen LogP) is 1.33. The van der Waals surface area contributed by atoms with Gasteiger partial charge in [0.25, 0.3) is 0 Å². The van der Waals surface area contributed by atoms with Crippen molar-refractivity contribution in [2.75, 3.05) is 20.3 Å². The van der Waals surface area contributed by atoms with Crippen LogP contribution in [0.25, 0.3) is 0 Å². The number of hydrogen-bond acceptors (Lipinski definition) is 2. The summed E-state index contributed by atoms with van der Waals surface area (Å²) < 4.78 is 5.15. The van der Waals surface area contributed by atoms with Crippen LogP contribution in [0, 0.1) is 11.3 Å². The lowest BCUT2D eigenvalue weighted by Gasteiger charge is -2.25. The van der Waals surface area contributed by atoms with E-state index in [4.69, 9.17) is 4.74 Å². The molecular weight excluding hydrogens is 178 g/mol. The smallest absolute Gasteiger partial charge is 0.223 e. The maximum Gasteiger partial charge on any atom is 0.223 e. The monoisotopic (exact) mass is 197 g/mol. The van der Waals surface area contributed by atoms with Crippen molar-refractivity contribution < 1.29 is 9.53 Å². The van der Waals surface area contributed by atoms with Crippen LogP contribution in [0.15, 0.2) is 0 Å². The summed E-state index contributed by atoms with van der Waals surface area (Å²) in [6, 6.07) is 0. The van der Waals surface area contributed by atoms with Gasteiger partial charge < -0.3 is 10.1 Å². The Morgan fingerprint density at radius 3 is 2.64 bits per heavy atom. The number of amides is 1. The Balaban J connectivity index is 1.68. The van der Waals surface area contributed by atoms with E-state index in [0.717, 1.165) is 26.0 Å². The number of hydrogen-bond donors (Lipinski definition) is 1. The fraction of sp³-hybridized carbons (Fsp3) is 0.909. The average molecular weight is 197 g/mol. The third-order valence-corrected chi connectivity index (χ3v) is 3.52. The Morgan fingerprint density at radius 1 is 1.50 bits per heavy atom. The van der Waals surface area contributed by atoms with Crippen LogP contribution in [0.5, 0.6) is 0 Å². The van der Waals surface area contributed by atoms with Gasteiger partial charge in [0, 0.05) is 25.0 Å². The van der Waals surface area contributed by atoms with Gasteiger partial charge in [0.05, 0.1) is 6.61 Å². The summed E-state index contributed by atoms with van der Waals surface area (Å²) in [5.74, 6) is 0.576. The van der Waals surface area contributed by atoms with Gasteiger partial charge in [-0.3, -0.25) is 4.79 Å². The number of carbonyl (C=O) groups excluding carboxylic acids is 1. The summed E-state index contributed by atoms with van der Waals surface area (Å²) in [5.41, 5.74) is 0.286. The van der Waals surface area contributed by atoms with E-state index in [-0.39, 0.29) is 11.3 Å². The number of rotatable bonds is 5. The Bertz CT molecular complexity index is 219. The highest BCUT2D eigenvalue weighted by Crippen LogP contribution is 2.45. The SMILES string of the molecule is COCC1(CNC(=O)C2CCC2)CC1. The van der Waals surface area contributed by atoms with E-state index in [9.17, 15) is 4.79 Å². The molecule has 2 saturated carbocycles. The molecule has 3 nitrogen and oxygen atoms in total. The number of nitrogens with one attached hydrogen (secondary N) is 1. The lowest BCUT2D eigenvalue weighted by Crippen LogP contribution is -2.38. The average Bonchev–Trinajstić information content (AvgIpc) is 2.80. The first-order valence-electron chi connectivity index (χ1n) is 5.52. The Morgan fingerprint density at radius 2 is 2.21 bits per heavy atom. The molecule has 1 N–H and O–H groups in total. The number of ether oxygens (including phenoxy) is 1. The van der Waals surface area contributed by atoms with Crippen molar-refractivity contribution in [1.82, 2.24) is 5.32 Å². The molecule has 3 heteroatoms. The number of carbonyl (C=O) groups is 1. The van der Waals surface area contributed by atoms with Crippen molar-refractivity contribution in [1.29, 1.82) is 0 Å². The normalized spacial score (nSPS) is 24.1. The first kappa shape index (κ1) is 9.97. The second kappa shape index (κ2) is 3.89. The second-order valence-corrected chi connectivity index (χ2v) is 4.78. The zero-order valence-corrected chi connectivity index (χ0v) is 8.84. The minimum absolute atomic E-state index is 0.263. The molecule has 0 spiro atoms. The fourth-order valence-corrected chi connectivity index (χ4v) is 1.94. The highest BCUT2D eigenvalue weighted by Gasteiger charge is 2.43. The quantitative estimate of drug-likeness (QED) is 0.722. The predicted molar refractivity (Wildman–Crippen MR) is 53.9 cm³/mol. The van der Waals surface area contributed by atoms with Gasteiger partial charge in [-0.2, -0.15) is 0 Å². The molecule has 2 aliphatic carbocycles. The molecule has 0 unspecified atom stereocenters. The summed E-state index contributed by atoms with van der Waals surface area (Å²) in [4.78, 5) is 11.6. The van der Waals surface area contributed by atoms with Gasteiger partial charge in [-0.25, -0.2) is 0 Å². The standard InChI is InChI=1S/C11H19NO2/c1-14-8-11(5-6-11)7-12-10(13)9-3-2-4-9/h9H,2-8H2,1H3,(H,12,13). The molecule has 0 aromatic rings. The minimum atomic E-state index is 0.263. The molecular formula is C11H19NO2. The Labute approximate surface area is 85.2 Å².